The Morgan fingerprint density at radius 2 is 0.760 bits per heavy atom. The molecular formula is C91H74ClF5N18O10. The highest BCUT2D eigenvalue weighted by Gasteiger charge is 2.18. The fourth-order valence-electron chi connectivity index (χ4n) is 10.6. The Labute approximate surface area is 718 Å². The van der Waals surface area contributed by atoms with E-state index < -0.39 is 46.8 Å². The summed E-state index contributed by atoms with van der Waals surface area (Å²) in [6, 6.07) is 47.9. The van der Waals surface area contributed by atoms with Gasteiger partial charge in [-0.3, -0.25) is 43.9 Å². The summed E-state index contributed by atoms with van der Waals surface area (Å²) in [5.74, 6) is 0.744. The number of pyridine rings is 4. The van der Waals surface area contributed by atoms with Gasteiger partial charge in [0.05, 0.1) is 74.8 Å². The maximum atomic E-state index is 13.8. The zero-order valence-corrected chi connectivity index (χ0v) is 65.7. The van der Waals surface area contributed by atoms with Crippen LogP contribution in [0.3, 0.4) is 0 Å². The van der Waals surface area contributed by atoms with Gasteiger partial charge in [0.2, 0.25) is 0 Å². The van der Waals surface area contributed by atoms with Crippen LogP contribution in [0.4, 0.5) is 61.8 Å². The van der Waals surface area contributed by atoms with E-state index in [1.54, 1.807) is 116 Å². The number of nitrogens with one attached hydrogen (secondary N) is 5. The van der Waals surface area contributed by atoms with E-state index in [2.05, 4.69) is 92.3 Å². The zero-order chi connectivity index (χ0) is 87.0. The third kappa shape index (κ3) is 29.3. The molecule has 34 heteroatoms. The van der Waals surface area contributed by atoms with Crippen LogP contribution in [-0.2, 0) is 0 Å². The number of anilines is 7. The van der Waals surface area contributed by atoms with Crippen LogP contribution < -0.4 is 55.2 Å². The Morgan fingerprint density at radius 3 is 1.22 bits per heavy atom. The maximum absolute atomic E-state index is 13.8. The first-order valence-electron chi connectivity index (χ1n) is 36.1. The number of ether oxygens (including phenoxy) is 5. The highest BCUT2D eigenvalue weighted by atomic mass is 35.5. The monoisotopic (exact) mass is 1710 g/mol. The molecule has 15 rings (SSSR count). The number of amides is 5. The summed E-state index contributed by atoms with van der Waals surface area (Å²) in [4.78, 5) is 109. The van der Waals surface area contributed by atoms with E-state index in [1.807, 2.05) is 44.2 Å². The molecule has 7 aromatic carbocycles. The van der Waals surface area contributed by atoms with Crippen molar-refractivity contribution in [2.45, 2.75) is 28.7 Å². The summed E-state index contributed by atoms with van der Waals surface area (Å²) in [7, 11) is 3.29. The Kier molecular flexibility index (Phi) is 33.8. The molecular weight excluding hydrogens is 1640 g/mol. The number of halogens is 6. The second-order valence-corrected chi connectivity index (χ2v) is 25.8. The lowest BCUT2D eigenvalue weighted by molar-refractivity contribution is 0.101. The number of hydrogen-bond acceptors (Lipinski definition) is 23. The van der Waals surface area contributed by atoms with Crippen LogP contribution in [0.25, 0.3) is 0 Å². The molecule has 8 aromatic heterocycles. The number of methoxy groups -OCH3 is 1. The maximum Gasteiger partial charge on any atom is 0.274 e. The van der Waals surface area contributed by atoms with E-state index in [4.69, 9.17) is 41.7 Å². The topological polar surface area (TPSA) is 350 Å². The SMILES string of the molecule is C.C.C#Cc1cccc(C(=O)Nc2cccc(N(C)c3cncc(F)c3)c2)c1.COc1ccnc(C(=O)Nc2cc(F)cc(Oc3cncnc3)c2)c1.Cc1cccc(C(=O)Nc2cc(Cl)cc(Oc3cncnc3)c2)c1.Cc1ccnc(C(=O)Nc2cc(F)cc(Oc3cncnc3)c2)c1.O=C(Nc1cc(F)cc(Oc2cncnc2)c1)c1cc(F)ccn1. The molecule has 5 amide bonds. The predicted octanol–water partition coefficient (Wildman–Crippen LogP) is 19.6. The van der Waals surface area contributed by atoms with Gasteiger partial charge in [0.15, 0.2) is 23.0 Å². The van der Waals surface area contributed by atoms with Crippen LogP contribution in [0.15, 0.2) is 294 Å². The van der Waals surface area contributed by atoms with Gasteiger partial charge in [-0.2, -0.15) is 0 Å². The van der Waals surface area contributed by atoms with Gasteiger partial charge in [0.25, 0.3) is 29.5 Å². The molecule has 0 bridgehead atoms. The average Bonchev–Trinajstić information content (AvgIpc) is 1.05. The largest absolute Gasteiger partial charge is 0.497 e. The molecule has 28 nitrogen and oxygen atoms in total. The van der Waals surface area contributed by atoms with E-state index in [-0.39, 0.29) is 78.1 Å². The number of carbonyl (C=O) groups excluding carboxylic acids is 5. The molecule has 0 aliphatic rings. The first kappa shape index (κ1) is 92.0. The lowest BCUT2D eigenvalue weighted by atomic mass is 10.1. The number of terminal acetylenes is 1. The molecule has 15 aromatic rings. The number of aryl methyl sites for hydroxylation is 2. The number of carbonyl (C=O) groups is 5. The summed E-state index contributed by atoms with van der Waals surface area (Å²) in [5.41, 5.74) is 7.06. The molecule has 125 heavy (non-hydrogen) atoms. The van der Waals surface area contributed by atoms with Crippen LogP contribution in [-0.4, -0.2) is 104 Å². The number of aromatic nitrogens is 12. The third-order valence-corrected chi connectivity index (χ3v) is 16.3. The van der Waals surface area contributed by atoms with Gasteiger partial charge in [-0.25, -0.2) is 61.8 Å². The summed E-state index contributed by atoms with van der Waals surface area (Å²) in [6.45, 7) is 3.79. The standard InChI is InChI=1S/C21H16FN3O.C18H14ClN3O2.C17H13FN4O3.C17H13FN4O2.C16H10F2N4O2.2CH4/c1-3-15-6-4-7-16(10-15)21(26)24-18-8-5-9-19(12-18)25(2)20-11-17(22)13-23-14-20;1-12-3-2-4-13(5-12)18(23)22-15-6-14(19)7-16(8-15)24-17-9-20-11-21-10-17;1-24-13-2-3-21-16(7-13)17(23)22-12-4-11(18)5-14(6-12)25-15-8-19-10-20-9-15;1-11-2-3-21-16(4-11)17(23)22-13-5-12(18)6-14(7-13)24-15-8-19-10-20-9-15;17-10-1-2-21-15(5-10)16(23)22-12-3-11(18)4-13(6-12)24-14-7-19-9-20-8-14;;/h1,4-14H,2H3,(H,24,26);2-11H,1H3,(H,22,23);2-10H,1H3,(H,22,23);2-10H,1H3,(H,22,23);1-9H,(H,22,23);2*1H4. The Hall–Kier alpha value is -16.9. The molecule has 0 fully saturated rings. The van der Waals surface area contributed by atoms with Gasteiger partial charge in [0, 0.05) is 142 Å². The molecule has 0 unspecified atom stereocenters. The summed E-state index contributed by atoms with van der Waals surface area (Å²) >= 11 is 6.11. The van der Waals surface area contributed by atoms with E-state index >= 15 is 0 Å². The second kappa shape index (κ2) is 45.9. The highest BCUT2D eigenvalue weighted by Crippen LogP contribution is 2.33. The zero-order valence-electron chi connectivity index (χ0n) is 65.0. The molecule has 0 saturated heterocycles. The highest BCUT2D eigenvalue weighted by molar-refractivity contribution is 6.31. The van der Waals surface area contributed by atoms with Crippen molar-refractivity contribution in [3.63, 3.8) is 0 Å². The van der Waals surface area contributed by atoms with Gasteiger partial charge in [0.1, 0.15) is 100 Å². The second-order valence-electron chi connectivity index (χ2n) is 25.4. The van der Waals surface area contributed by atoms with Crippen LogP contribution in [0.1, 0.15) is 83.7 Å². The molecule has 0 spiro atoms. The van der Waals surface area contributed by atoms with Crippen molar-refractivity contribution in [2.24, 2.45) is 0 Å². The van der Waals surface area contributed by atoms with Crippen LogP contribution in [0.5, 0.6) is 51.7 Å². The molecule has 8 heterocycles. The van der Waals surface area contributed by atoms with E-state index in [9.17, 15) is 45.9 Å². The van der Waals surface area contributed by atoms with Crippen molar-refractivity contribution in [3.05, 3.63) is 373 Å². The minimum Gasteiger partial charge on any atom is -0.497 e. The van der Waals surface area contributed by atoms with Gasteiger partial charge in [-0.15, -0.1) is 6.42 Å². The van der Waals surface area contributed by atoms with Crippen molar-refractivity contribution in [1.29, 1.82) is 0 Å². The fraction of sp³-hybridized carbons (Fsp3) is 0.0659. The fourth-order valence-corrected chi connectivity index (χ4v) is 10.8. The normalized spacial score (nSPS) is 10.0. The predicted molar refractivity (Wildman–Crippen MR) is 461 cm³/mol. The minimum absolute atomic E-state index is 0. The molecule has 0 saturated carbocycles. The van der Waals surface area contributed by atoms with Crippen LogP contribution >= 0.6 is 11.6 Å². The van der Waals surface area contributed by atoms with Crippen molar-refractivity contribution in [2.75, 3.05) is 45.6 Å². The quantitative estimate of drug-likeness (QED) is 0.0329. The molecule has 0 aliphatic heterocycles. The summed E-state index contributed by atoms with van der Waals surface area (Å²) in [6.07, 6.45) is 29.4. The summed E-state index contributed by atoms with van der Waals surface area (Å²) in [5, 5.41) is 13.7. The van der Waals surface area contributed by atoms with E-state index in [0.29, 0.717) is 73.3 Å². The smallest absolute Gasteiger partial charge is 0.274 e. The van der Waals surface area contributed by atoms with E-state index in [0.717, 1.165) is 47.3 Å². The number of benzene rings is 7. The average molecular weight is 1710 g/mol. The first-order valence-corrected chi connectivity index (χ1v) is 36.5. The lowest BCUT2D eigenvalue weighted by Crippen LogP contribution is -2.14. The van der Waals surface area contributed by atoms with E-state index in [1.165, 1.54) is 137 Å². The van der Waals surface area contributed by atoms with Crippen molar-refractivity contribution < 1.29 is 69.6 Å². The lowest BCUT2D eigenvalue weighted by Gasteiger charge is -2.20. The van der Waals surface area contributed by atoms with Crippen molar-refractivity contribution >= 4 is 80.9 Å². The minimum atomic E-state index is -0.672. The molecule has 0 atom stereocenters. The van der Waals surface area contributed by atoms with Gasteiger partial charge >= 0.3 is 0 Å². The molecule has 630 valence electrons. The number of hydrogen-bond donors (Lipinski definition) is 5. The molecule has 5 N–H and O–H groups in total. The Bertz CT molecular complexity index is 5900. The van der Waals surface area contributed by atoms with Crippen LogP contribution in [0.2, 0.25) is 5.02 Å². The van der Waals surface area contributed by atoms with Crippen LogP contribution in [0, 0.1) is 55.3 Å². The molecule has 0 aliphatic carbocycles. The van der Waals surface area contributed by atoms with Gasteiger partial charge in [-0.05, 0) is 123 Å². The van der Waals surface area contributed by atoms with Crippen molar-refractivity contribution in [3.8, 4) is 64.1 Å². The Morgan fingerprint density at radius 1 is 0.352 bits per heavy atom. The Balaban J connectivity index is 0.000000176. The summed E-state index contributed by atoms with van der Waals surface area (Å²) < 4.78 is 94.8. The van der Waals surface area contributed by atoms with Gasteiger partial charge in [-0.1, -0.05) is 62.2 Å². The van der Waals surface area contributed by atoms with Gasteiger partial charge < -0.3 is 55.2 Å². The van der Waals surface area contributed by atoms with Crippen molar-refractivity contribution in [1.82, 2.24) is 59.8 Å². The number of nitrogens with zero attached hydrogens (tertiary/aromatic N) is 13. The number of rotatable bonds is 21. The first-order chi connectivity index (χ1) is 59.5. The third-order valence-electron chi connectivity index (χ3n) is 16.1. The molecule has 0 radical (unpaired) electrons.